The fraction of sp³-hybridized carbons (Fsp3) is 0.154. The van der Waals surface area contributed by atoms with E-state index in [2.05, 4.69) is 20.1 Å². The van der Waals surface area contributed by atoms with Crippen LogP contribution < -0.4 is 18.9 Å². The second-order valence-electron chi connectivity index (χ2n) is 7.99. The van der Waals surface area contributed by atoms with Crippen molar-refractivity contribution in [2.24, 2.45) is 0 Å². The van der Waals surface area contributed by atoms with Crippen molar-refractivity contribution in [1.82, 2.24) is 24.6 Å². The van der Waals surface area contributed by atoms with Crippen molar-refractivity contribution in [3.8, 4) is 45.3 Å². The number of aromatic nitrogens is 5. The molecule has 0 aliphatic carbocycles. The highest BCUT2D eigenvalue weighted by molar-refractivity contribution is 7.18. The number of imidazole rings is 1. The average molecular weight is 516 g/mol. The summed E-state index contributed by atoms with van der Waals surface area (Å²) in [6, 6.07) is 13.5. The van der Waals surface area contributed by atoms with Crippen LogP contribution in [-0.4, -0.2) is 45.9 Å². The van der Waals surface area contributed by atoms with Crippen LogP contribution in [0.2, 0.25) is 0 Å². The Morgan fingerprint density at radius 3 is 2.59 bits per heavy atom. The molecular formula is C26H21N5O5S. The van der Waals surface area contributed by atoms with E-state index in [1.165, 1.54) is 11.3 Å². The zero-order chi connectivity index (χ0) is 25.4. The highest BCUT2D eigenvalue weighted by Gasteiger charge is 2.17. The molecule has 0 N–H and O–H groups in total. The number of benzene rings is 2. The van der Waals surface area contributed by atoms with Crippen LogP contribution in [0.3, 0.4) is 0 Å². The van der Waals surface area contributed by atoms with Crippen LogP contribution >= 0.6 is 11.3 Å². The third kappa shape index (κ3) is 4.40. The van der Waals surface area contributed by atoms with E-state index in [4.69, 9.17) is 23.4 Å². The molecule has 37 heavy (non-hydrogen) atoms. The zero-order valence-electron chi connectivity index (χ0n) is 20.2. The summed E-state index contributed by atoms with van der Waals surface area (Å²) in [6.07, 6.45) is 5.07. The van der Waals surface area contributed by atoms with Gasteiger partial charge in [-0.05, 0) is 35.6 Å². The minimum Gasteiger partial charge on any atom is -0.497 e. The summed E-state index contributed by atoms with van der Waals surface area (Å²) in [4.78, 5) is 14.0. The third-order valence-electron chi connectivity index (χ3n) is 5.75. The topological polar surface area (TPSA) is 106 Å². The van der Waals surface area contributed by atoms with Gasteiger partial charge in [0.1, 0.15) is 29.4 Å². The fourth-order valence-electron chi connectivity index (χ4n) is 3.91. The summed E-state index contributed by atoms with van der Waals surface area (Å²) >= 11 is 1.36. The van der Waals surface area contributed by atoms with Gasteiger partial charge in [0, 0.05) is 22.6 Å². The van der Waals surface area contributed by atoms with Gasteiger partial charge in [0.15, 0.2) is 5.76 Å². The van der Waals surface area contributed by atoms with Crippen LogP contribution in [0.5, 0.6) is 22.6 Å². The summed E-state index contributed by atoms with van der Waals surface area (Å²) in [5, 5.41) is 5.79. The molecule has 6 rings (SSSR count). The molecule has 0 unspecified atom stereocenters. The number of methoxy groups -OCH3 is 3. The molecule has 0 fully saturated rings. The van der Waals surface area contributed by atoms with Crippen molar-refractivity contribution < 1.29 is 23.4 Å². The molecule has 0 aliphatic rings. The Labute approximate surface area is 215 Å². The summed E-state index contributed by atoms with van der Waals surface area (Å²) in [7, 11) is 4.76. The lowest BCUT2D eigenvalue weighted by atomic mass is 10.1. The molecule has 10 nitrogen and oxygen atoms in total. The summed E-state index contributed by atoms with van der Waals surface area (Å²) in [5.41, 5.74) is 3.88. The SMILES string of the molecule is COc1cc(COc2cccc(-c3cnc(OC)cn3)c2)c2cc(-c3cn4nc(OC)sc4n3)oc2c1. The standard InChI is InChI=1S/C26H21N5O5S/c1-32-18-8-16(14-35-17-6-4-5-15(7-17)20-11-28-24(33-2)12-27-20)19-10-23(36-22(19)9-18)21-13-31-25(29-21)37-26(30-31)34-3/h4-13H,14H2,1-3H3. The first-order chi connectivity index (χ1) is 18.1. The second kappa shape index (κ2) is 9.43. The number of hydrogen-bond acceptors (Lipinski definition) is 10. The zero-order valence-corrected chi connectivity index (χ0v) is 21.0. The van der Waals surface area contributed by atoms with Crippen molar-refractivity contribution >= 4 is 27.3 Å². The average Bonchev–Trinajstić information content (AvgIpc) is 3.65. The Morgan fingerprint density at radius 2 is 1.84 bits per heavy atom. The largest absolute Gasteiger partial charge is 0.497 e. The van der Waals surface area contributed by atoms with Gasteiger partial charge in [-0.2, -0.15) is 0 Å². The van der Waals surface area contributed by atoms with E-state index in [1.807, 2.05) is 48.7 Å². The van der Waals surface area contributed by atoms with Gasteiger partial charge in [-0.25, -0.2) is 19.5 Å². The van der Waals surface area contributed by atoms with Crippen LogP contribution in [0, 0.1) is 0 Å². The summed E-state index contributed by atoms with van der Waals surface area (Å²) in [5.74, 6) is 2.46. The predicted octanol–water partition coefficient (Wildman–Crippen LogP) is 5.27. The number of hydrogen-bond donors (Lipinski definition) is 0. The first-order valence-corrected chi connectivity index (χ1v) is 12.1. The first kappa shape index (κ1) is 22.8. The lowest BCUT2D eigenvalue weighted by molar-refractivity contribution is 0.307. The Hall–Kier alpha value is -4.64. The monoisotopic (exact) mass is 515 g/mol. The minimum atomic E-state index is 0.307. The van der Waals surface area contributed by atoms with Gasteiger partial charge in [0.25, 0.3) is 5.19 Å². The highest BCUT2D eigenvalue weighted by atomic mass is 32.1. The molecule has 0 bridgehead atoms. The van der Waals surface area contributed by atoms with E-state index >= 15 is 0 Å². The Balaban J connectivity index is 1.28. The molecule has 0 saturated carbocycles. The molecule has 186 valence electrons. The van der Waals surface area contributed by atoms with Crippen LogP contribution in [0.4, 0.5) is 0 Å². The molecule has 2 aromatic carbocycles. The Kier molecular flexibility index (Phi) is 5.81. The van der Waals surface area contributed by atoms with Gasteiger partial charge in [-0.1, -0.05) is 12.1 Å². The van der Waals surface area contributed by atoms with Crippen LogP contribution in [0.25, 0.3) is 38.6 Å². The lowest BCUT2D eigenvalue weighted by Gasteiger charge is -2.10. The molecule has 0 spiro atoms. The van der Waals surface area contributed by atoms with E-state index in [-0.39, 0.29) is 0 Å². The van der Waals surface area contributed by atoms with Gasteiger partial charge in [0.2, 0.25) is 10.8 Å². The van der Waals surface area contributed by atoms with E-state index < -0.39 is 0 Å². The van der Waals surface area contributed by atoms with E-state index in [0.717, 1.165) is 27.2 Å². The molecular weight excluding hydrogens is 494 g/mol. The van der Waals surface area contributed by atoms with Crippen molar-refractivity contribution in [2.45, 2.75) is 6.61 Å². The van der Waals surface area contributed by atoms with Crippen molar-refractivity contribution in [1.29, 1.82) is 0 Å². The Bertz CT molecular complexity index is 1670. The molecule has 6 aromatic rings. The van der Waals surface area contributed by atoms with Gasteiger partial charge in [-0.15, -0.1) is 5.10 Å². The maximum Gasteiger partial charge on any atom is 0.294 e. The second-order valence-corrected chi connectivity index (χ2v) is 8.91. The normalized spacial score (nSPS) is 11.2. The number of furan rings is 1. The van der Waals surface area contributed by atoms with Crippen LogP contribution in [0.15, 0.2) is 65.5 Å². The molecule has 0 saturated heterocycles. The van der Waals surface area contributed by atoms with Gasteiger partial charge in [-0.3, -0.25) is 0 Å². The molecule has 11 heteroatoms. The molecule has 0 aliphatic heterocycles. The number of ether oxygens (including phenoxy) is 4. The fourth-order valence-corrected chi connectivity index (χ4v) is 4.61. The van der Waals surface area contributed by atoms with Gasteiger partial charge >= 0.3 is 0 Å². The number of fused-ring (bicyclic) bond motifs is 2. The van der Waals surface area contributed by atoms with Gasteiger partial charge < -0.3 is 23.4 Å². The maximum atomic E-state index is 6.17. The molecule has 4 heterocycles. The Morgan fingerprint density at radius 1 is 0.919 bits per heavy atom. The maximum absolute atomic E-state index is 6.17. The third-order valence-corrected chi connectivity index (χ3v) is 6.63. The smallest absolute Gasteiger partial charge is 0.294 e. The lowest BCUT2D eigenvalue weighted by Crippen LogP contribution is -1.97. The van der Waals surface area contributed by atoms with Crippen molar-refractivity contribution in [2.75, 3.05) is 21.3 Å². The molecule has 0 radical (unpaired) electrons. The molecule has 4 aromatic heterocycles. The highest BCUT2D eigenvalue weighted by Crippen LogP contribution is 2.34. The summed E-state index contributed by atoms with van der Waals surface area (Å²) < 4.78 is 29.8. The minimum absolute atomic E-state index is 0.307. The summed E-state index contributed by atoms with van der Waals surface area (Å²) in [6.45, 7) is 0.307. The first-order valence-electron chi connectivity index (χ1n) is 11.2. The van der Waals surface area contributed by atoms with E-state index in [1.54, 1.807) is 38.2 Å². The van der Waals surface area contributed by atoms with Crippen molar-refractivity contribution in [3.63, 3.8) is 0 Å². The quantitative estimate of drug-likeness (QED) is 0.268. The van der Waals surface area contributed by atoms with E-state index in [9.17, 15) is 0 Å². The number of rotatable bonds is 8. The van der Waals surface area contributed by atoms with Crippen LogP contribution in [-0.2, 0) is 6.61 Å². The van der Waals surface area contributed by atoms with Gasteiger partial charge in [0.05, 0.1) is 45.6 Å². The predicted molar refractivity (Wildman–Crippen MR) is 138 cm³/mol. The van der Waals surface area contributed by atoms with E-state index in [0.29, 0.717) is 46.2 Å². The number of nitrogens with zero attached hydrogens (tertiary/aromatic N) is 5. The van der Waals surface area contributed by atoms with Crippen LogP contribution in [0.1, 0.15) is 5.56 Å². The van der Waals surface area contributed by atoms with Crippen molar-refractivity contribution in [3.05, 3.63) is 66.6 Å². The molecule has 0 amide bonds. The molecule has 0 atom stereocenters.